The van der Waals surface area contributed by atoms with Crippen LogP contribution in [0.2, 0.25) is 0 Å². The predicted molar refractivity (Wildman–Crippen MR) is 101 cm³/mol. The number of amides is 1. The number of hydrogen-bond acceptors (Lipinski definition) is 6. The summed E-state index contributed by atoms with van der Waals surface area (Å²) in [6.45, 7) is -0.577. The van der Waals surface area contributed by atoms with Gasteiger partial charge in [-0.3, -0.25) is 14.6 Å². The van der Waals surface area contributed by atoms with Crippen molar-refractivity contribution in [2.45, 2.75) is 0 Å². The van der Waals surface area contributed by atoms with Crippen LogP contribution in [0.4, 0.5) is 5.69 Å². The Morgan fingerprint density at radius 2 is 1.71 bits per heavy atom. The van der Waals surface area contributed by atoms with E-state index in [1.165, 1.54) is 0 Å². The maximum absolute atomic E-state index is 12.1. The molecule has 2 aromatic carbocycles. The zero-order chi connectivity index (χ0) is 19.9. The third kappa shape index (κ3) is 4.98. The van der Waals surface area contributed by atoms with E-state index in [-0.39, 0.29) is 5.56 Å². The summed E-state index contributed by atoms with van der Waals surface area (Å²) in [5.41, 5.74) is -0.425. The van der Waals surface area contributed by atoms with Crippen LogP contribution in [-0.4, -0.2) is 28.6 Å². The van der Waals surface area contributed by atoms with Gasteiger partial charge >= 0.3 is 5.97 Å². The van der Waals surface area contributed by atoms with Crippen LogP contribution in [0.25, 0.3) is 0 Å². The van der Waals surface area contributed by atoms with Crippen molar-refractivity contribution in [2.24, 2.45) is 0 Å². The number of H-pyrrole nitrogens is 1. The molecule has 0 unspecified atom stereocenters. The molecule has 0 aliphatic heterocycles. The Labute approximate surface area is 159 Å². The van der Waals surface area contributed by atoms with Gasteiger partial charge in [-0.15, -0.1) is 0 Å². The molecule has 0 saturated carbocycles. The standard InChI is InChI=1S/C20H16N2O6/c23-17-10-13(11-18(24)22-17)20(26)27-12-19(25)21-15-8-4-5-9-16(15)28-14-6-2-1-3-7-14/h1-11H,12H2,(H,21,25)(H2,22,23,24). The molecule has 8 nitrogen and oxygen atoms in total. The fraction of sp³-hybridized carbons (Fsp3) is 0.0500. The SMILES string of the molecule is O=C(COC(=O)c1cc(O)[nH]c(=O)c1)Nc1ccccc1Oc1ccccc1. The predicted octanol–water partition coefficient (Wildman–Crippen LogP) is 2.67. The Hall–Kier alpha value is -4.07. The average molecular weight is 380 g/mol. The molecule has 1 heterocycles. The number of aromatic hydroxyl groups is 1. The number of esters is 1. The zero-order valence-electron chi connectivity index (χ0n) is 14.5. The number of pyridine rings is 1. The molecule has 0 bridgehead atoms. The Balaban J connectivity index is 1.62. The number of carbonyl (C=O) groups excluding carboxylic acids is 2. The molecule has 3 aromatic rings. The van der Waals surface area contributed by atoms with Crippen molar-refractivity contribution in [2.75, 3.05) is 11.9 Å². The summed E-state index contributed by atoms with van der Waals surface area (Å²) in [6.07, 6.45) is 0. The molecular formula is C20H16N2O6. The Bertz CT molecular complexity index is 1050. The van der Waals surface area contributed by atoms with E-state index in [0.29, 0.717) is 17.2 Å². The van der Waals surface area contributed by atoms with Crippen molar-refractivity contribution in [3.05, 3.63) is 82.6 Å². The summed E-state index contributed by atoms with van der Waals surface area (Å²) in [5.74, 6) is -0.953. The summed E-state index contributed by atoms with van der Waals surface area (Å²) < 4.78 is 10.6. The van der Waals surface area contributed by atoms with E-state index in [9.17, 15) is 19.5 Å². The van der Waals surface area contributed by atoms with Gasteiger partial charge in [0.15, 0.2) is 18.2 Å². The minimum atomic E-state index is -0.912. The Morgan fingerprint density at radius 3 is 2.46 bits per heavy atom. The topological polar surface area (TPSA) is 118 Å². The first-order chi connectivity index (χ1) is 13.5. The van der Waals surface area contributed by atoms with Gasteiger partial charge < -0.3 is 19.9 Å². The fourth-order valence-electron chi connectivity index (χ4n) is 2.32. The third-order valence-corrected chi connectivity index (χ3v) is 3.53. The Morgan fingerprint density at radius 1 is 1.00 bits per heavy atom. The third-order valence-electron chi connectivity index (χ3n) is 3.53. The van der Waals surface area contributed by atoms with Crippen LogP contribution < -0.4 is 15.6 Å². The van der Waals surface area contributed by atoms with Gasteiger partial charge in [-0.05, 0) is 24.3 Å². The molecule has 0 radical (unpaired) electrons. The zero-order valence-corrected chi connectivity index (χ0v) is 14.5. The highest BCUT2D eigenvalue weighted by Gasteiger charge is 2.14. The average Bonchev–Trinajstić information content (AvgIpc) is 2.68. The number of nitrogens with one attached hydrogen (secondary N) is 2. The summed E-state index contributed by atoms with van der Waals surface area (Å²) in [4.78, 5) is 37.4. The lowest BCUT2D eigenvalue weighted by atomic mass is 10.2. The number of para-hydroxylation sites is 3. The van der Waals surface area contributed by atoms with E-state index < -0.39 is 29.9 Å². The number of rotatable bonds is 6. The van der Waals surface area contributed by atoms with Crippen LogP contribution in [0.1, 0.15) is 10.4 Å². The van der Waals surface area contributed by atoms with Crippen molar-refractivity contribution >= 4 is 17.6 Å². The molecule has 3 rings (SSSR count). The first kappa shape index (κ1) is 18.7. The highest BCUT2D eigenvalue weighted by molar-refractivity contribution is 5.96. The summed E-state index contributed by atoms with van der Waals surface area (Å²) in [6, 6.07) is 17.9. The number of hydrogen-bond donors (Lipinski definition) is 3. The summed E-state index contributed by atoms with van der Waals surface area (Å²) in [5, 5.41) is 11.9. The molecule has 0 atom stereocenters. The molecule has 1 amide bonds. The highest BCUT2D eigenvalue weighted by atomic mass is 16.5. The van der Waals surface area contributed by atoms with Gasteiger partial charge in [0.05, 0.1) is 11.3 Å². The number of ether oxygens (including phenoxy) is 2. The molecule has 8 heteroatoms. The number of aromatic amines is 1. The van der Waals surface area contributed by atoms with Crippen molar-refractivity contribution in [1.82, 2.24) is 4.98 Å². The lowest BCUT2D eigenvalue weighted by Gasteiger charge is -2.12. The van der Waals surface area contributed by atoms with Crippen molar-refractivity contribution < 1.29 is 24.2 Å². The smallest absolute Gasteiger partial charge is 0.339 e. The van der Waals surface area contributed by atoms with E-state index >= 15 is 0 Å². The number of aromatic nitrogens is 1. The monoisotopic (exact) mass is 380 g/mol. The molecular weight excluding hydrogens is 364 g/mol. The van der Waals surface area contributed by atoms with Crippen LogP contribution in [0, 0.1) is 0 Å². The van der Waals surface area contributed by atoms with Crippen molar-refractivity contribution in [1.29, 1.82) is 0 Å². The minimum Gasteiger partial charge on any atom is -0.494 e. The number of carbonyl (C=O) groups is 2. The molecule has 0 saturated heterocycles. The second-order valence-corrected chi connectivity index (χ2v) is 5.65. The molecule has 0 spiro atoms. The van der Waals surface area contributed by atoms with Crippen molar-refractivity contribution in [3.8, 4) is 17.4 Å². The number of anilines is 1. The second-order valence-electron chi connectivity index (χ2n) is 5.65. The first-order valence-electron chi connectivity index (χ1n) is 8.23. The van der Waals surface area contributed by atoms with Crippen LogP contribution in [-0.2, 0) is 9.53 Å². The maximum Gasteiger partial charge on any atom is 0.339 e. The van der Waals surface area contributed by atoms with E-state index in [4.69, 9.17) is 9.47 Å². The molecule has 142 valence electrons. The first-order valence-corrected chi connectivity index (χ1v) is 8.23. The minimum absolute atomic E-state index is 0.165. The molecule has 1 aromatic heterocycles. The van der Waals surface area contributed by atoms with E-state index in [0.717, 1.165) is 12.1 Å². The summed E-state index contributed by atoms with van der Waals surface area (Å²) in [7, 11) is 0. The Kier molecular flexibility index (Phi) is 5.71. The van der Waals surface area contributed by atoms with Crippen LogP contribution in [0.5, 0.6) is 17.4 Å². The summed E-state index contributed by atoms with van der Waals surface area (Å²) >= 11 is 0. The molecule has 0 aliphatic carbocycles. The molecule has 28 heavy (non-hydrogen) atoms. The van der Waals surface area contributed by atoms with E-state index in [2.05, 4.69) is 10.3 Å². The normalized spacial score (nSPS) is 10.1. The highest BCUT2D eigenvalue weighted by Crippen LogP contribution is 2.29. The molecule has 0 fully saturated rings. The van der Waals surface area contributed by atoms with Crippen LogP contribution >= 0.6 is 0 Å². The molecule has 3 N–H and O–H groups in total. The quantitative estimate of drug-likeness (QED) is 0.566. The van der Waals surface area contributed by atoms with Crippen molar-refractivity contribution in [3.63, 3.8) is 0 Å². The molecule has 0 aliphatic rings. The maximum atomic E-state index is 12.1. The van der Waals surface area contributed by atoms with Gasteiger partial charge in [-0.2, -0.15) is 0 Å². The van der Waals surface area contributed by atoms with Crippen LogP contribution in [0.15, 0.2) is 71.5 Å². The van der Waals surface area contributed by atoms with Gasteiger partial charge in [0.1, 0.15) is 5.75 Å². The van der Waals surface area contributed by atoms with Gasteiger partial charge in [0, 0.05) is 12.1 Å². The van der Waals surface area contributed by atoms with Gasteiger partial charge in [-0.1, -0.05) is 30.3 Å². The lowest BCUT2D eigenvalue weighted by molar-refractivity contribution is -0.119. The van der Waals surface area contributed by atoms with Gasteiger partial charge in [0.25, 0.3) is 11.5 Å². The second kappa shape index (κ2) is 8.54. The van der Waals surface area contributed by atoms with Gasteiger partial charge in [0.2, 0.25) is 0 Å². The van der Waals surface area contributed by atoms with E-state index in [1.54, 1.807) is 36.4 Å². The van der Waals surface area contributed by atoms with E-state index in [1.807, 2.05) is 18.2 Å². The largest absolute Gasteiger partial charge is 0.494 e. The number of benzene rings is 2. The van der Waals surface area contributed by atoms with Crippen LogP contribution in [0.3, 0.4) is 0 Å². The lowest BCUT2D eigenvalue weighted by Crippen LogP contribution is -2.21. The van der Waals surface area contributed by atoms with Gasteiger partial charge in [-0.25, -0.2) is 4.79 Å². The fourth-order valence-corrected chi connectivity index (χ4v) is 2.32.